The topological polar surface area (TPSA) is 33.6 Å². The molecular formula is C6H8N2O. The van der Waals surface area contributed by atoms with Crippen molar-refractivity contribution >= 4 is 6.21 Å². The van der Waals surface area contributed by atoms with E-state index in [1.807, 2.05) is 6.08 Å². The van der Waals surface area contributed by atoms with Gasteiger partial charge in [0.15, 0.2) is 0 Å². The van der Waals surface area contributed by atoms with Crippen molar-refractivity contribution < 1.29 is 4.84 Å². The highest BCUT2D eigenvalue weighted by atomic mass is 16.7. The van der Waals surface area contributed by atoms with Gasteiger partial charge in [-0.1, -0.05) is 0 Å². The van der Waals surface area contributed by atoms with E-state index in [1.54, 1.807) is 6.21 Å². The second kappa shape index (κ2) is 1.84. The number of nitrogens with zero attached hydrogens (tertiary/aromatic N) is 1. The molecule has 0 saturated carbocycles. The number of fused-ring (bicyclic) bond motifs is 1. The summed E-state index contributed by atoms with van der Waals surface area (Å²) in [6, 6.07) is 0. The molecule has 0 aromatic carbocycles. The van der Waals surface area contributed by atoms with E-state index in [9.17, 15) is 0 Å². The third kappa shape index (κ3) is 0.733. The van der Waals surface area contributed by atoms with Crippen LogP contribution in [0, 0.1) is 5.92 Å². The summed E-state index contributed by atoms with van der Waals surface area (Å²) in [5.41, 5.74) is 2.82. The van der Waals surface area contributed by atoms with Gasteiger partial charge in [-0.05, 0) is 6.08 Å². The van der Waals surface area contributed by atoms with Crippen LogP contribution in [0.5, 0.6) is 0 Å². The summed E-state index contributed by atoms with van der Waals surface area (Å²) in [6.45, 7) is 1.78. The molecule has 1 saturated heterocycles. The highest BCUT2D eigenvalue weighted by molar-refractivity contribution is 5.73. The fraction of sp³-hybridized carbons (Fsp3) is 0.500. The first-order chi connectivity index (χ1) is 4.47. The van der Waals surface area contributed by atoms with Gasteiger partial charge in [-0.2, -0.15) is 5.48 Å². The van der Waals surface area contributed by atoms with Crippen LogP contribution in [-0.4, -0.2) is 19.3 Å². The third-order valence-corrected chi connectivity index (χ3v) is 1.59. The summed E-state index contributed by atoms with van der Waals surface area (Å²) in [5, 5.41) is 0. The minimum Gasteiger partial charge on any atom is -0.413 e. The van der Waals surface area contributed by atoms with Gasteiger partial charge in [0.25, 0.3) is 0 Å². The maximum absolute atomic E-state index is 5.08. The summed E-state index contributed by atoms with van der Waals surface area (Å²) < 4.78 is 0. The first-order valence-corrected chi connectivity index (χ1v) is 3.06. The van der Waals surface area contributed by atoms with E-state index in [0.717, 1.165) is 18.8 Å². The molecule has 2 aliphatic heterocycles. The van der Waals surface area contributed by atoms with E-state index in [0.29, 0.717) is 5.92 Å². The van der Waals surface area contributed by atoms with Crippen molar-refractivity contribution in [2.45, 2.75) is 0 Å². The molecule has 2 heterocycles. The summed E-state index contributed by atoms with van der Waals surface area (Å²) in [4.78, 5) is 9.18. The van der Waals surface area contributed by atoms with Crippen LogP contribution in [0.3, 0.4) is 0 Å². The van der Waals surface area contributed by atoms with Crippen molar-refractivity contribution in [3.8, 4) is 0 Å². The van der Waals surface area contributed by atoms with Gasteiger partial charge >= 0.3 is 0 Å². The summed E-state index contributed by atoms with van der Waals surface area (Å²) in [6.07, 6.45) is 3.70. The molecule has 0 aliphatic carbocycles. The number of nitrogens with one attached hydrogen (secondary N) is 1. The second-order valence-corrected chi connectivity index (χ2v) is 2.23. The van der Waals surface area contributed by atoms with Crippen LogP contribution < -0.4 is 5.48 Å². The third-order valence-electron chi connectivity index (χ3n) is 1.59. The van der Waals surface area contributed by atoms with Crippen LogP contribution in [0.15, 0.2) is 16.8 Å². The van der Waals surface area contributed by atoms with E-state index in [2.05, 4.69) is 10.5 Å². The van der Waals surface area contributed by atoms with Crippen LogP contribution in [0.2, 0.25) is 0 Å². The Kier molecular flexibility index (Phi) is 1.02. The minimum atomic E-state index is 0.495. The fourth-order valence-corrected chi connectivity index (χ4v) is 1.05. The molecule has 1 unspecified atom stereocenters. The van der Waals surface area contributed by atoms with Crippen LogP contribution in [0.4, 0.5) is 0 Å². The number of aliphatic imine (C=N–C) groups is 1. The lowest BCUT2D eigenvalue weighted by atomic mass is 10.1. The Morgan fingerprint density at radius 1 is 1.78 bits per heavy atom. The molecular weight excluding hydrogens is 116 g/mol. The highest BCUT2D eigenvalue weighted by Gasteiger charge is 2.23. The lowest BCUT2D eigenvalue weighted by molar-refractivity contribution is 0.155. The Labute approximate surface area is 53.4 Å². The van der Waals surface area contributed by atoms with Gasteiger partial charge < -0.3 is 4.84 Å². The van der Waals surface area contributed by atoms with Gasteiger partial charge in [-0.15, -0.1) is 0 Å². The highest BCUT2D eigenvalue weighted by Crippen LogP contribution is 2.18. The number of rotatable bonds is 0. The first kappa shape index (κ1) is 4.99. The SMILES string of the molecule is C1=NCC2CNOC2=C1. The molecule has 3 nitrogen and oxygen atoms in total. The van der Waals surface area contributed by atoms with Crippen molar-refractivity contribution in [2.75, 3.05) is 13.1 Å². The summed E-state index contributed by atoms with van der Waals surface area (Å²) in [7, 11) is 0. The normalized spacial score (nSPS) is 31.1. The Hall–Kier alpha value is -0.830. The van der Waals surface area contributed by atoms with E-state index in [4.69, 9.17) is 4.84 Å². The molecule has 0 amide bonds. The van der Waals surface area contributed by atoms with E-state index >= 15 is 0 Å². The molecule has 48 valence electrons. The van der Waals surface area contributed by atoms with Gasteiger partial charge in [0, 0.05) is 12.8 Å². The molecule has 0 aromatic heterocycles. The number of hydroxylamine groups is 1. The smallest absolute Gasteiger partial charge is 0.132 e. The Balaban J connectivity index is 2.23. The van der Waals surface area contributed by atoms with Gasteiger partial charge in [-0.3, -0.25) is 4.99 Å². The number of dihydropyridines is 1. The molecule has 0 bridgehead atoms. The first-order valence-electron chi connectivity index (χ1n) is 3.06. The Morgan fingerprint density at radius 3 is 3.67 bits per heavy atom. The van der Waals surface area contributed by atoms with Gasteiger partial charge in [-0.25, -0.2) is 0 Å². The minimum absolute atomic E-state index is 0.495. The zero-order valence-corrected chi connectivity index (χ0v) is 5.00. The molecule has 0 spiro atoms. The Morgan fingerprint density at radius 2 is 2.78 bits per heavy atom. The molecule has 9 heavy (non-hydrogen) atoms. The zero-order valence-electron chi connectivity index (χ0n) is 5.00. The van der Waals surface area contributed by atoms with Crippen LogP contribution in [0.1, 0.15) is 0 Å². The van der Waals surface area contributed by atoms with E-state index in [1.165, 1.54) is 0 Å². The van der Waals surface area contributed by atoms with Crippen LogP contribution in [0.25, 0.3) is 0 Å². The molecule has 1 atom stereocenters. The van der Waals surface area contributed by atoms with Crippen molar-refractivity contribution in [1.29, 1.82) is 0 Å². The maximum Gasteiger partial charge on any atom is 0.132 e. The molecule has 2 rings (SSSR count). The lowest BCUT2D eigenvalue weighted by Crippen LogP contribution is -2.12. The largest absolute Gasteiger partial charge is 0.413 e. The van der Waals surface area contributed by atoms with Crippen molar-refractivity contribution in [2.24, 2.45) is 10.9 Å². The summed E-state index contributed by atoms with van der Waals surface area (Å²) in [5.74, 6) is 1.53. The van der Waals surface area contributed by atoms with Gasteiger partial charge in [0.05, 0.1) is 12.5 Å². The average Bonchev–Trinajstić information content (AvgIpc) is 2.33. The van der Waals surface area contributed by atoms with E-state index < -0.39 is 0 Å². The predicted octanol–water partition coefficient (Wildman–Crippen LogP) is 0.106. The monoisotopic (exact) mass is 124 g/mol. The average molecular weight is 124 g/mol. The quantitative estimate of drug-likeness (QED) is 0.497. The molecule has 3 heteroatoms. The summed E-state index contributed by atoms with van der Waals surface area (Å²) >= 11 is 0. The van der Waals surface area contributed by atoms with Crippen molar-refractivity contribution in [3.63, 3.8) is 0 Å². The zero-order chi connectivity index (χ0) is 6.10. The lowest BCUT2D eigenvalue weighted by Gasteiger charge is -2.06. The van der Waals surface area contributed by atoms with Gasteiger partial charge in [0.2, 0.25) is 0 Å². The fourth-order valence-electron chi connectivity index (χ4n) is 1.05. The second-order valence-electron chi connectivity index (χ2n) is 2.23. The maximum atomic E-state index is 5.08. The predicted molar refractivity (Wildman–Crippen MR) is 34.0 cm³/mol. The number of hydrogen-bond donors (Lipinski definition) is 1. The number of hydrogen-bond acceptors (Lipinski definition) is 3. The molecule has 2 aliphatic rings. The van der Waals surface area contributed by atoms with Crippen molar-refractivity contribution in [3.05, 3.63) is 11.8 Å². The number of allylic oxidation sites excluding steroid dienone is 1. The van der Waals surface area contributed by atoms with Crippen LogP contribution >= 0.6 is 0 Å². The van der Waals surface area contributed by atoms with E-state index in [-0.39, 0.29) is 0 Å². The molecule has 1 N–H and O–H groups in total. The molecule has 0 aromatic rings. The Bertz CT molecular complexity index is 174. The van der Waals surface area contributed by atoms with Crippen molar-refractivity contribution in [1.82, 2.24) is 5.48 Å². The molecule has 0 radical (unpaired) electrons. The molecule has 1 fully saturated rings. The standard InChI is InChI=1S/C6H8N2O/c1-2-7-3-5-4-8-9-6(1)5/h1-2,5,8H,3-4H2. The van der Waals surface area contributed by atoms with Crippen LogP contribution in [-0.2, 0) is 4.84 Å². The van der Waals surface area contributed by atoms with Gasteiger partial charge in [0.1, 0.15) is 5.76 Å².